The zero-order valence-corrected chi connectivity index (χ0v) is 14.1. The Kier molecular flexibility index (Phi) is 6.72. The monoisotopic (exact) mass is 288 g/mol. The number of nitrogens with zero attached hydrogens (tertiary/aromatic N) is 1. The molecule has 2 nitrogen and oxygen atoms in total. The fourth-order valence-electron chi connectivity index (χ4n) is 3.17. The van der Waals surface area contributed by atoms with Gasteiger partial charge in [-0.2, -0.15) is 0 Å². The lowest BCUT2D eigenvalue weighted by Gasteiger charge is -2.30. The third-order valence-corrected chi connectivity index (χ3v) is 4.89. The highest BCUT2D eigenvalue weighted by molar-refractivity contribution is 5.25. The van der Waals surface area contributed by atoms with E-state index in [4.69, 9.17) is 0 Å². The first kappa shape index (κ1) is 16.5. The lowest BCUT2D eigenvalue weighted by Crippen LogP contribution is -2.38. The maximum Gasteiger partial charge on any atom is 0.0318 e. The predicted molar refractivity (Wildman–Crippen MR) is 91.7 cm³/mol. The molecule has 0 saturated carbocycles. The molecule has 0 aliphatic carbocycles. The third kappa shape index (κ3) is 5.12. The topological polar surface area (TPSA) is 15.3 Å². The van der Waals surface area contributed by atoms with Crippen molar-refractivity contribution in [2.45, 2.75) is 52.5 Å². The Morgan fingerprint density at radius 2 is 1.81 bits per heavy atom. The summed E-state index contributed by atoms with van der Waals surface area (Å²) in [6, 6.07) is 9.63. The van der Waals surface area contributed by atoms with Crippen LogP contribution in [-0.4, -0.2) is 31.1 Å². The lowest BCUT2D eigenvalue weighted by atomic mass is 9.99. The van der Waals surface area contributed by atoms with Crippen LogP contribution in [0, 0.1) is 5.92 Å². The summed E-state index contributed by atoms with van der Waals surface area (Å²) < 4.78 is 0. The molecule has 118 valence electrons. The molecule has 1 atom stereocenters. The SMILES string of the molecule is CCc1ccc(C(CC)NCCN2CCC(C)CC2)cc1. The Balaban J connectivity index is 1.76. The van der Waals surface area contributed by atoms with Crippen LogP contribution < -0.4 is 5.32 Å². The molecule has 1 fully saturated rings. The van der Waals surface area contributed by atoms with Crippen molar-refractivity contribution in [2.24, 2.45) is 5.92 Å². The second kappa shape index (κ2) is 8.55. The number of aryl methyl sites for hydroxylation is 1. The van der Waals surface area contributed by atoms with Crippen molar-refractivity contribution in [3.63, 3.8) is 0 Å². The molecule has 0 bridgehead atoms. The molecule has 1 aromatic rings. The molecule has 0 amide bonds. The van der Waals surface area contributed by atoms with E-state index in [2.05, 4.69) is 55.3 Å². The van der Waals surface area contributed by atoms with Crippen LogP contribution in [0.1, 0.15) is 57.2 Å². The van der Waals surface area contributed by atoms with Gasteiger partial charge >= 0.3 is 0 Å². The summed E-state index contributed by atoms with van der Waals surface area (Å²) in [7, 11) is 0. The van der Waals surface area contributed by atoms with Gasteiger partial charge < -0.3 is 10.2 Å². The Labute approximate surface area is 130 Å². The Hall–Kier alpha value is -0.860. The minimum atomic E-state index is 0.500. The average Bonchev–Trinajstić information content (AvgIpc) is 2.53. The van der Waals surface area contributed by atoms with Gasteiger partial charge in [0.15, 0.2) is 0 Å². The zero-order valence-electron chi connectivity index (χ0n) is 14.1. The molecular formula is C19H32N2. The largest absolute Gasteiger partial charge is 0.309 e. The van der Waals surface area contributed by atoms with Gasteiger partial charge in [0.05, 0.1) is 0 Å². The van der Waals surface area contributed by atoms with Gasteiger partial charge in [0, 0.05) is 19.1 Å². The highest BCUT2D eigenvalue weighted by atomic mass is 15.1. The molecule has 1 aliphatic heterocycles. The van der Waals surface area contributed by atoms with E-state index in [0.717, 1.165) is 25.3 Å². The first-order valence-electron chi connectivity index (χ1n) is 8.77. The minimum Gasteiger partial charge on any atom is -0.309 e. The number of hydrogen-bond acceptors (Lipinski definition) is 2. The van der Waals surface area contributed by atoms with Crippen molar-refractivity contribution < 1.29 is 0 Å². The van der Waals surface area contributed by atoms with Crippen molar-refractivity contribution >= 4 is 0 Å². The second-order valence-corrected chi connectivity index (χ2v) is 6.53. The molecule has 1 heterocycles. The maximum absolute atomic E-state index is 3.74. The standard InChI is InChI=1S/C19H32N2/c1-4-17-6-8-18(9-7-17)19(5-2)20-12-15-21-13-10-16(3)11-14-21/h6-9,16,19-20H,4-5,10-15H2,1-3H3. The van der Waals surface area contributed by atoms with E-state index in [1.54, 1.807) is 0 Å². The van der Waals surface area contributed by atoms with Gasteiger partial charge in [-0.1, -0.05) is 45.0 Å². The predicted octanol–water partition coefficient (Wildman–Crippen LogP) is 4.02. The molecule has 21 heavy (non-hydrogen) atoms. The molecule has 0 spiro atoms. The molecular weight excluding hydrogens is 256 g/mol. The van der Waals surface area contributed by atoms with Crippen LogP contribution in [0.5, 0.6) is 0 Å². The van der Waals surface area contributed by atoms with Gasteiger partial charge in [-0.15, -0.1) is 0 Å². The molecule has 1 aromatic carbocycles. The van der Waals surface area contributed by atoms with E-state index >= 15 is 0 Å². The molecule has 1 N–H and O–H groups in total. The van der Waals surface area contributed by atoms with E-state index in [1.807, 2.05) is 0 Å². The number of benzene rings is 1. The van der Waals surface area contributed by atoms with Crippen molar-refractivity contribution in [2.75, 3.05) is 26.2 Å². The van der Waals surface area contributed by atoms with Gasteiger partial charge in [-0.3, -0.25) is 0 Å². The number of rotatable bonds is 7. The maximum atomic E-state index is 3.74. The van der Waals surface area contributed by atoms with Crippen molar-refractivity contribution in [3.05, 3.63) is 35.4 Å². The zero-order chi connectivity index (χ0) is 15.1. The van der Waals surface area contributed by atoms with E-state index in [0.29, 0.717) is 6.04 Å². The summed E-state index contributed by atoms with van der Waals surface area (Å²) in [5, 5.41) is 3.74. The van der Waals surface area contributed by atoms with Crippen molar-refractivity contribution in [1.29, 1.82) is 0 Å². The van der Waals surface area contributed by atoms with Crippen LogP contribution >= 0.6 is 0 Å². The molecule has 0 aromatic heterocycles. The molecule has 1 saturated heterocycles. The average molecular weight is 288 g/mol. The van der Waals surface area contributed by atoms with Gasteiger partial charge in [0.1, 0.15) is 0 Å². The molecule has 2 rings (SSSR count). The van der Waals surface area contributed by atoms with Crippen LogP contribution in [0.3, 0.4) is 0 Å². The van der Waals surface area contributed by atoms with Crippen molar-refractivity contribution in [1.82, 2.24) is 10.2 Å². The lowest BCUT2D eigenvalue weighted by molar-refractivity contribution is 0.191. The fraction of sp³-hybridized carbons (Fsp3) is 0.684. The normalized spacial score (nSPS) is 18.8. The van der Waals surface area contributed by atoms with Gasteiger partial charge in [-0.25, -0.2) is 0 Å². The van der Waals surface area contributed by atoms with Gasteiger partial charge in [0.2, 0.25) is 0 Å². The first-order chi connectivity index (χ1) is 10.2. The molecule has 2 heteroatoms. The molecule has 1 unspecified atom stereocenters. The fourth-order valence-corrected chi connectivity index (χ4v) is 3.17. The van der Waals surface area contributed by atoms with Crippen LogP contribution in [0.25, 0.3) is 0 Å². The summed E-state index contributed by atoms with van der Waals surface area (Å²) >= 11 is 0. The minimum absolute atomic E-state index is 0.500. The highest BCUT2D eigenvalue weighted by Crippen LogP contribution is 2.18. The summed E-state index contributed by atoms with van der Waals surface area (Å²) in [5.74, 6) is 0.926. The summed E-state index contributed by atoms with van der Waals surface area (Å²) in [6.45, 7) is 11.7. The smallest absolute Gasteiger partial charge is 0.0318 e. The van der Waals surface area contributed by atoms with E-state index in [-0.39, 0.29) is 0 Å². The summed E-state index contributed by atoms with van der Waals surface area (Å²) in [4.78, 5) is 2.61. The quantitative estimate of drug-likeness (QED) is 0.815. The summed E-state index contributed by atoms with van der Waals surface area (Å²) in [6.07, 6.45) is 5.02. The van der Waals surface area contributed by atoms with Crippen LogP contribution in [0.4, 0.5) is 0 Å². The van der Waals surface area contributed by atoms with E-state index in [1.165, 1.54) is 43.6 Å². The number of nitrogens with one attached hydrogen (secondary N) is 1. The van der Waals surface area contributed by atoms with E-state index < -0.39 is 0 Å². The van der Waals surface area contributed by atoms with Crippen LogP contribution in [0.2, 0.25) is 0 Å². The van der Waals surface area contributed by atoms with Crippen LogP contribution in [0.15, 0.2) is 24.3 Å². The summed E-state index contributed by atoms with van der Waals surface area (Å²) in [5.41, 5.74) is 2.86. The van der Waals surface area contributed by atoms with Crippen LogP contribution in [-0.2, 0) is 6.42 Å². The molecule has 0 radical (unpaired) electrons. The number of hydrogen-bond donors (Lipinski definition) is 1. The third-order valence-electron chi connectivity index (χ3n) is 4.89. The molecule has 1 aliphatic rings. The van der Waals surface area contributed by atoms with Gasteiger partial charge in [-0.05, 0) is 55.8 Å². The Bertz CT molecular complexity index is 391. The number of likely N-dealkylation sites (tertiary alicyclic amines) is 1. The highest BCUT2D eigenvalue weighted by Gasteiger charge is 2.15. The first-order valence-corrected chi connectivity index (χ1v) is 8.77. The Morgan fingerprint density at radius 1 is 1.14 bits per heavy atom. The number of piperidine rings is 1. The van der Waals surface area contributed by atoms with Gasteiger partial charge in [0.25, 0.3) is 0 Å². The van der Waals surface area contributed by atoms with Crippen molar-refractivity contribution in [3.8, 4) is 0 Å². The second-order valence-electron chi connectivity index (χ2n) is 6.53. The Morgan fingerprint density at radius 3 is 2.38 bits per heavy atom. The van der Waals surface area contributed by atoms with E-state index in [9.17, 15) is 0 Å².